The van der Waals surface area contributed by atoms with E-state index in [4.69, 9.17) is 23.7 Å². The number of amides is 1. The molecule has 1 amide bonds. The van der Waals surface area contributed by atoms with Gasteiger partial charge in [-0.05, 0) is 20.8 Å². The first-order valence-corrected chi connectivity index (χ1v) is 8.18. The van der Waals surface area contributed by atoms with Crippen molar-refractivity contribution in [3.8, 4) is 0 Å². The summed E-state index contributed by atoms with van der Waals surface area (Å²) in [4.78, 5) is 13.2. The van der Waals surface area contributed by atoms with Gasteiger partial charge in [0.25, 0.3) is 0 Å². The van der Waals surface area contributed by atoms with Crippen LogP contribution in [-0.4, -0.2) is 89.7 Å². The number of carbonyl (C=O) groups is 1. The molecule has 0 aromatic heterocycles. The van der Waals surface area contributed by atoms with Crippen LogP contribution in [0.3, 0.4) is 0 Å². The van der Waals surface area contributed by atoms with E-state index in [9.17, 15) is 9.18 Å². The minimum absolute atomic E-state index is 0.111. The van der Waals surface area contributed by atoms with Gasteiger partial charge >= 0.3 is 6.09 Å². The molecular formula is C16H32FNO6. The van der Waals surface area contributed by atoms with Crippen molar-refractivity contribution < 1.29 is 32.9 Å². The van der Waals surface area contributed by atoms with Crippen molar-refractivity contribution in [1.29, 1.82) is 0 Å². The summed E-state index contributed by atoms with van der Waals surface area (Å²) in [6, 6.07) is 0. The van der Waals surface area contributed by atoms with Crippen LogP contribution in [0.5, 0.6) is 0 Å². The summed E-state index contributed by atoms with van der Waals surface area (Å²) in [6.07, 6.45) is -0.366. The van der Waals surface area contributed by atoms with Crippen molar-refractivity contribution in [2.45, 2.75) is 26.4 Å². The number of hydrogen-bond acceptors (Lipinski definition) is 6. The molecule has 0 atom stereocenters. The van der Waals surface area contributed by atoms with Crippen LogP contribution in [0.1, 0.15) is 20.8 Å². The molecule has 0 radical (unpaired) electrons. The van der Waals surface area contributed by atoms with Crippen molar-refractivity contribution in [2.75, 3.05) is 73.1 Å². The first-order chi connectivity index (χ1) is 11.4. The molecule has 0 saturated heterocycles. The third-order valence-electron chi connectivity index (χ3n) is 2.61. The van der Waals surface area contributed by atoms with E-state index in [-0.39, 0.29) is 12.7 Å². The fourth-order valence-corrected chi connectivity index (χ4v) is 1.45. The molecule has 8 heteroatoms. The van der Waals surface area contributed by atoms with Crippen molar-refractivity contribution in [3.63, 3.8) is 0 Å². The van der Waals surface area contributed by atoms with Gasteiger partial charge < -0.3 is 28.6 Å². The highest BCUT2D eigenvalue weighted by Crippen LogP contribution is 2.08. The van der Waals surface area contributed by atoms with Crippen LogP contribution in [0.15, 0.2) is 0 Å². The van der Waals surface area contributed by atoms with Crippen LogP contribution in [0, 0.1) is 0 Å². The third kappa shape index (κ3) is 15.9. The fraction of sp³-hybridized carbons (Fsp3) is 0.938. The summed E-state index contributed by atoms with van der Waals surface area (Å²) in [7, 11) is 1.67. The molecule has 0 saturated carbocycles. The predicted octanol–water partition coefficient (Wildman–Crippen LogP) is 1.89. The molecule has 24 heavy (non-hydrogen) atoms. The largest absolute Gasteiger partial charge is 0.444 e. The minimum Gasteiger partial charge on any atom is -0.444 e. The van der Waals surface area contributed by atoms with E-state index >= 15 is 0 Å². The molecule has 0 heterocycles. The summed E-state index contributed by atoms with van der Waals surface area (Å²) in [5.74, 6) is 0. The summed E-state index contributed by atoms with van der Waals surface area (Å²) in [5.41, 5.74) is -0.499. The van der Waals surface area contributed by atoms with Crippen molar-refractivity contribution in [2.24, 2.45) is 0 Å². The molecule has 0 rings (SSSR count). The smallest absolute Gasteiger partial charge is 0.410 e. The number of alkyl halides is 1. The molecule has 0 aliphatic heterocycles. The van der Waals surface area contributed by atoms with Crippen molar-refractivity contribution in [3.05, 3.63) is 0 Å². The van der Waals surface area contributed by atoms with E-state index in [1.807, 2.05) is 20.8 Å². The number of likely N-dealkylation sites (N-methyl/N-ethyl adjacent to an activating group) is 1. The lowest BCUT2D eigenvalue weighted by molar-refractivity contribution is -0.00656. The summed E-state index contributed by atoms with van der Waals surface area (Å²) < 4.78 is 37.8. The summed E-state index contributed by atoms with van der Waals surface area (Å²) in [5, 5.41) is 0. The molecule has 0 spiro atoms. The van der Waals surface area contributed by atoms with Crippen LogP contribution >= 0.6 is 0 Å². The van der Waals surface area contributed by atoms with E-state index in [2.05, 4.69) is 0 Å². The molecule has 0 N–H and O–H groups in total. The number of rotatable bonds is 14. The first kappa shape index (κ1) is 23.0. The molecule has 0 aliphatic rings. The van der Waals surface area contributed by atoms with Crippen LogP contribution in [0.25, 0.3) is 0 Å². The lowest BCUT2D eigenvalue weighted by Gasteiger charge is -2.24. The van der Waals surface area contributed by atoms with Gasteiger partial charge in [0.05, 0.1) is 52.9 Å². The number of ether oxygens (including phenoxy) is 5. The Labute approximate surface area is 144 Å². The second kappa shape index (κ2) is 14.4. The Morgan fingerprint density at radius 1 is 0.833 bits per heavy atom. The van der Waals surface area contributed by atoms with E-state index in [0.717, 1.165) is 0 Å². The van der Waals surface area contributed by atoms with E-state index in [0.29, 0.717) is 52.8 Å². The number of nitrogens with zero attached hydrogens (tertiary/aromatic N) is 1. The van der Waals surface area contributed by atoms with Gasteiger partial charge in [0.1, 0.15) is 12.3 Å². The van der Waals surface area contributed by atoms with Gasteiger partial charge in [-0.15, -0.1) is 0 Å². The van der Waals surface area contributed by atoms with Crippen molar-refractivity contribution in [1.82, 2.24) is 4.90 Å². The Morgan fingerprint density at radius 3 is 1.67 bits per heavy atom. The van der Waals surface area contributed by atoms with Crippen LogP contribution < -0.4 is 0 Å². The maximum Gasteiger partial charge on any atom is 0.410 e. The highest BCUT2D eigenvalue weighted by Gasteiger charge is 2.19. The Balaban J connectivity index is 3.32. The maximum atomic E-state index is 11.7. The zero-order valence-corrected chi connectivity index (χ0v) is 15.3. The van der Waals surface area contributed by atoms with Gasteiger partial charge in [0, 0.05) is 13.6 Å². The quantitative estimate of drug-likeness (QED) is 0.444. The second-order valence-corrected chi connectivity index (χ2v) is 6.04. The summed E-state index contributed by atoms with van der Waals surface area (Å²) in [6.45, 7) is 8.63. The van der Waals surface area contributed by atoms with Crippen LogP contribution in [-0.2, 0) is 23.7 Å². The molecule has 0 aromatic rings. The zero-order chi connectivity index (χ0) is 18.3. The van der Waals surface area contributed by atoms with Gasteiger partial charge in [-0.25, -0.2) is 9.18 Å². The fourth-order valence-electron chi connectivity index (χ4n) is 1.45. The molecule has 0 bridgehead atoms. The Bertz CT molecular complexity index is 311. The second-order valence-electron chi connectivity index (χ2n) is 6.04. The number of hydrogen-bond donors (Lipinski definition) is 0. The Morgan fingerprint density at radius 2 is 1.25 bits per heavy atom. The topological polar surface area (TPSA) is 66.5 Å². The molecule has 0 aliphatic carbocycles. The lowest BCUT2D eigenvalue weighted by Crippen LogP contribution is -2.36. The molecule has 0 fully saturated rings. The molecule has 0 aromatic carbocycles. The monoisotopic (exact) mass is 353 g/mol. The average molecular weight is 353 g/mol. The standard InChI is InChI=1S/C16H32FNO6/c1-16(2,3)24-15(19)18(4)6-8-21-10-12-23-14-13-22-11-9-20-7-5-17/h5-14H2,1-4H3. The van der Waals surface area contributed by atoms with Crippen LogP contribution in [0.4, 0.5) is 9.18 Å². The van der Waals surface area contributed by atoms with Crippen molar-refractivity contribution >= 4 is 6.09 Å². The molecule has 144 valence electrons. The first-order valence-electron chi connectivity index (χ1n) is 8.18. The Kier molecular flexibility index (Phi) is 13.8. The molecule has 7 nitrogen and oxygen atoms in total. The SMILES string of the molecule is CN(CCOCCOCCOCCOCCF)C(=O)OC(C)(C)C. The minimum atomic E-state index is -0.499. The molecular weight excluding hydrogens is 321 g/mol. The predicted molar refractivity (Wildman–Crippen MR) is 88.1 cm³/mol. The van der Waals surface area contributed by atoms with Gasteiger partial charge in [-0.2, -0.15) is 0 Å². The van der Waals surface area contributed by atoms with E-state index < -0.39 is 12.3 Å². The van der Waals surface area contributed by atoms with Gasteiger partial charge in [0.15, 0.2) is 0 Å². The maximum absolute atomic E-state index is 11.7. The average Bonchev–Trinajstić information content (AvgIpc) is 2.50. The zero-order valence-electron chi connectivity index (χ0n) is 15.3. The summed E-state index contributed by atoms with van der Waals surface area (Å²) >= 11 is 0. The normalized spacial score (nSPS) is 11.5. The molecule has 0 unspecified atom stereocenters. The third-order valence-corrected chi connectivity index (χ3v) is 2.61. The van der Waals surface area contributed by atoms with Crippen LogP contribution in [0.2, 0.25) is 0 Å². The van der Waals surface area contributed by atoms with Gasteiger partial charge in [-0.3, -0.25) is 0 Å². The van der Waals surface area contributed by atoms with Gasteiger partial charge in [0.2, 0.25) is 0 Å². The number of carbonyl (C=O) groups excluding carboxylic acids is 1. The number of halogens is 1. The van der Waals surface area contributed by atoms with Gasteiger partial charge in [-0.1, -0.05) is 0 Å². The Hall–Kier alpha value is -0.960. The van der Waals surface area contributed by atoms with E-state index in [1.165, 1.54) is 4.90 Å². The lowest BCUT2D eigenvalue weighted by atomic mass is 10.2. The van der Waals surface area contributed by atoms with E-state index in [1.54, 1.807) is 7.05 Å². The highest BCUT2D eigenvalue weighted by atomic mass is 19.1. The highest BCUT2D eigenvalue weighted by molar-refractivity contribution is 5.67.